The molecule has 0 aliphatic heterocycles. The Morgan fingerprint density at radius 2 is 1.61 bits per heavy atom. The summed E-state index contributed by atoms with van der Waals surface area (Å²) in [5.74, 6) is 0. The third-order valence-electron chi connectivity index (χ3n) is 5.28. The predicted molar refractivity (Wildman–Crippen MR) is 111 cm³/mol. The lowest BCUT2D eigenvalue weighted by molar-refractivity contribution is 0.467. The van der Waals surface area contributed by atoms with Crippen molar-refractivity contribution in [3.05, 3.63) is 72.4 Å². The molecule has 0 amide bonds. The molecule has 1 aliphatic rings. The average Bonchev–Trinajstić information content (AvgIpc) is 3.39. The van der Waals surface area contributed by atoms with Gasteiger partial charge in [0.2, 0.25) is 10.0 Å². The maximum atomic E-state index is 13.1. The van der Waals surface area contributed by atoms with Crippen LogP contribution in [-0.2, 0) is 16.4 Å². The van der Waals surface area contributed by atoms with Gasteiger partial charge in [-0.1, -0.05) is 73.5 Å². The zero-order valence-electron chi connectivity index (χ0n) is 15.8. The van der Waals surface area contributed by atoms with Crippen molar-refractivity contribution in [2.24, 2.45) is 0 Å². The maximum Gasteiger partial charge on any atom is 0.244 e. The third kappa shape index (κ3) is 4.18. The molecule has 0 saturated heterocycles. The summed E-state index contributed by atoms with van der Waals surface area (Å²) in [7, 11) is -3.65. The first-order valence-corrected chi connectivity index (χ1v) is 11.3. The first-order valence-electron chi connectivity index (χ1n) is 9.82. The Kier molecular flexibility index (Phi) is 5.59. The van der Waals surface area contributed by atoms with E-state index in [9.17, 15) is 8.42 Å². The van der Waals surface area contributed by atoms with Gasteiger partial charge in [-0.15, -0.1) is 0 Å². The fraction of sp³-hybridized carbons (Fsp3) is 0.318. The van der Waals surface area contributed by atoms with Gasteiger partial charge in [-0.05, 0) is 24.8 Å². The SMILES string of the molecule is O=S(=O)(NCCc1ccccc1)c1cn(C2CCCC2)nc1-c1ccccc1. The van der Waals surface area contributed by atoms with Gasteiger partial charge in [0.05, 0.1) is 6.04 Å². The van der Waals surface area contributed by atoms with Crippen molar-refractivity contribution < 1.29 is 8.42 Å². The van der Waals surface area contributed by atoms with Gasteiger partial charge in [-0.3, -0.25) is 4.68 Å². The molecule has 1 aromatic heterocycles. The fourth-order valence-corrected chi connectivity index (χ4v) is 4.96. The minimum absolute atomic E-state index is 0.263. The molecular formula is C22H25N3O2S. The van der Waals surface area contributed by atoms with Crippen LogP contribution in [0.15, 0.2) is 71.8 Å². The van der Waals surface area contributed by atoms with E-state index in [4.69, 9.17) is 5.10 Å². The highest BCUT2D eigenvalue weighted by Gasteiger charge is 2.26. The summed E-state index contributed by atoms with van der Waals surface area (Å²) >= 11 is 0. The fourth-order valence-electron chi connectivity index (χ4n) is 3.78. The molecule has 1 N–H and O–H groups in total. The molecule has 28 heavy (non-hydrogen) atoms. The Bertz CT molecular complexity index is 1010. The number of aromatic nitrogens is 2. The minimum atomic E-state index is -3.65. The molecule has 6 heteroatoms. The number of sulfonamides is 1. The van der Waals surface area contributed by atoms with Crippen molar-refractivity contribution in [2.45, 2.75) is 43.0 Å². The van der Waals surface area contributed by atoms with Gasteiger partial charge in [-0.2, -0.15) is 5.10 Å². The van der Waals surface area contributed by atoms with Gasteiger partial charge in [-0.25, -0.2) is 13.1 Å². The Labute approximate surface area is 166 Å². The van der Waals surface area contributed by atoms with Crippen LogP contribution in [0, 0.1) is 0 Å². The summed E-state index contributed by atoms with van der Waals surface area (Å²) in [6.07, 6.45) is 6.81. The van der Waals surface area contributed by atoms with Crippen molar-refractivity contribution in [2.75, 3.05) is 6.54 Å². The van der Waals surface area contributed by atoms with Crippen LogP contribution in [0.1, 0.15) is 37.3 Å². The van der Waals surface area contributed by atoms with E-state index in [1.54, 1.807) is 6.20 Å². The Morgan fingerprint density at radius 3 is 2.29 bits per heavy atom. The molecular weight excluding hydrogens is 370 g/mol. The van der Waals surface area contributed by atoms with Crippen LogP contribution >= 0.6 is 0 Å². The number of benzene rings is 2. The highest BCUT2D eigenvalue weighted by atomic mass is 32.2. The zero-order chi connectivity index (χ0) is 19.4. The first-order chi connectivity index (χ1) is 13.6. The van der Waals surface area contributed by atoms with Gasteiger partial charge >= 0.3 is 0 Å². The number of nitrogens with one attached hydrogen (secondary N) is 1. The maximum absolute atomic E-state index is 13.1. The van der Waals surface area contributed by atoms with E-state index >= 15 is 0 Å². The molecule has 0 atom stereocenters. The number of hydrogen-bond donors (Lipinski definition) is 1. The Morgan fingerprint density at radius 1 is 0.964 bits per heavy atom. The molecule has 0 bridgehead atoms. The largest absolute Gasteiger partial charge is 0.268 e. The topological polar surface area (TPSA) is 64.0 Å². The summed E-state index contributed by atoms with van der Waals surface area (Å²) in [4.78, 5) is 0.263. The van der Waals surface area contributed by atoms with Crippen molar-refractivity contribution in [1.82, 2.24) is 14.5 Å². The molecule has 146 valence electrons. The molecule has 1 heterocycles. The quantitative estimate of drug-likeness (QED) is 0.652. The number of nitrogens with zero attached hydrogens (tertiary/aromatic N) is 2. The third-order valence-corrected chi connectivity index (χ3v) is 6.74. The first kappa shape index (κ1) is 18.9. The highest BCUT2D eigenvalue weighted by molar-refractivity contribution is 7.89. The number of rotatable bonds is 7. The van der Waals surface area contributed by atoms with Gasteiger partial charge in [0, 0.05) is 18.3 Å². The van der Waals surface area contributed by atoms with Gasteiger partial charge in [0.15, 0.2) is 0 Å². The van der Waals surface area contributed by atoms with Crippen LogP contribution in [0.3, 0.4) is 0 Å². The average molecular weight is 396 g/mol. The van der Waals surface area contributed by atoms with Gasteiger partial charge in [0.1, 0.15) is 10.6 Å². The molecule has 1 saturated carbocycles. The van der Waals surface area contributed by atoms with Gasteiger partial charge < -0.3 is 0 Å². The van der Waals surface area contributed by atoms with E-state index in [0.29, 0.717) is 18.7 Å². The van der Waals surface area contributed by atoms with Crippen molar-refractivity contribution in [1.29, 1.82) is 0 Å². The van der Waals surface area contributed by atoms with Gasteiger partial charge in [0.25, 0.3) is 0 Å². The lowest BCUT2D eigenvalue weighted by Crippen LogP contribution is -2.26. The molecule has 4 rings (SSSR count). The molecule has 1 fully saturated rings. The molecule has 2 aromatic carbocycles. The van der Waals surface area contributed by atoms with E-state index in [1.807, 2.05) is 65.3 Å². The van der Waals surface area contributed by atoms with Crippen LogP contribution in [0.5, 0.6) is 0 Å². The van der Waals surface area contributed by atoms with Crippen LogP contribution in [0.2, 0.25) is 0 Å². The van der Waals surface area contributed by atoms with E-state index in [0.717, 1.165) is 24.0 Å². The van der Waals surface area contributed by atoms with Crippen LogP contribution in [0.25, 0.3) is 11.3 Å². The molecule has 3 aromatic rings. The second kappa shape index (κ2) is 8.29. The van der Waals surface area contributed by atoms with Crippen LogP contribution < -0.4 is 4.72 Å². The summed E-state index contributed by atoms with van der Waals surface area (Å²) in [6.45, 7) is 0.356. The van der Waals surface area contributed by atoms with Crippen LogP contribution in [-0.4, -0.2) is 24.7 Å². The number of hydrogen-bond acceptors (Lipinski definition) is 3. The van der Waals surface area contributed by atoms with Crippen LogP contribution in [0.4, 0.5) is 0 Å². The smallest absolute Gasteiger partial charge is 0.244 e. The monoisotopic (exact) mass is 395 g/mol. The Balaban J connectivity index is 1.60. The molecule has 0 radical (unpaired) electrons. The summed E-state index contributed by atoms with van der Waals surface area (Å²) in [6, 6.07) is 19.7. The second-order valence-corrected chi connectivity index (χ2v) is 9.00. The standard InChI is InChI=1S/C22H25N3O2S/c26-28(27,23-16-15-18-9-3-1-4-10-18)21-17-25(20-13-7-8-14-20)24-22(21)19-11-5-2-6-12-19/h1-6,9-12,17,20,23H,7-8,13-16H2. The lowest BCUT2D eigenvalue weighted by Gasteiger charge is -2.08. The van der Waals surface area contributed by atoms with E-state index in [-0.39, 0.29) is 10.9 Å². The molecule has 5 nitrogen and oxygen atoms in total. The van der Waals surface area contributed by atoms with E-state index in [1.165, 1.54) is 12.8 Å². The molecule has 1 aliphatic carbocycles. The normalized spacial score (nSPS) is 15.1. The Hall–Kier alpha value is -2.44. The van der Waals surface area contributed by atoms with Crippen molar-refractivity contribution in [3.63, 3.8) is 0 Å². The van der Waals surface area contributed by atoms with E-state index < -0.39 is 10.0 Å². The molecule has 0 spiro atoms. The second-order valence-electron chi connectivity index (χ2n) is 7.26. The van der Waals surface area contributed by atoms with Crippen molar-refractivity contribution >= 4 is 10.0 Å². The summed E-state index contributed by atoms with van der Waals surface area (Å²) < 4.78 is 30.8. The lowest BCUT2D eigenvalue weighted by atomic mass is 10.2. The van der Waals surface area contributed by atoms with E-state index in [2.05, 4.69) is 4.72 Å². The van der Waals surface area contributed by atoms with Crippen molar-refractivity contribution in [3.8, 4) is 11.3 Å². The minimum Gasteiger partial charge on any atom is -0.268 e. The predicted octanol–water partition coefficient (Wildman–Crippen LogP) is 4.19. The highest BCUT2D eigenvalue weighted by Crippen LogP contribution is 2.33. The molecule has 0 unspecified atom stereocenters. The summed E-state index contributed by atoms with van der Waals surface area (Å²) in [5, 5.41) is 4.69. The summed E-state index contributed by atoms with van der Waals surface area (Å²) in [5.41, 5.74) is 2.46. The zero-order valence-corrected chi connectivity index (χ0v) is 16.6.